The van der Waals surface area contributed by atoms with Crippen LogP contribution in [0.3, 0.4) is 0 Å². The van der Waals surface area contributed by atoms with Crippen LogP contribution in [0.15, 0.2) is 42.9 Å². The number of amides is 1. The number of rotatable bonds is 4. The van der Waals surface area contributed by atoms with E-state index in [1.54, 1.807) is 24.2 Å². The quantitative estimate of drug-likeness (QED) is 0.732. The fourth-order valence-corrected chi connectivity index (χ4v) is 3.38. The summed E-state index contributed by atoms with van der Waals surface area (Å²) >= 11 is 0. The maximum atomic E-state index is 13.1. The maximum absolute atomic E-state index is 13.1. The molecule has 1 aromatic carbocycles. The summed E-state index contributed by atoms with van der Waals surface area (Å²) in [5.41, 5.74) is 3.25. The second-order valence-corrected chi connectivity index (χ2v) is 6.59. The number of ether oxygens (including phenoxy) is 1. The number of aromatic nitrogens is 4. The highest BCUT2D eigenvalue weighted by Gasteiger charge is 2.27. The average Bonchev–Trinajstić information content (AvgIpc) is 3.36. The summed E-state index contributed by atoms with van der Waals surface area (Å²) in [6.07, 6.45) is 5.18. The van der Waals surface area contributed by atoms with Crippen LogP contribution in [0.25, 0.3) is 11.3 Å². The predicted octanol–water partition coefficient (Wildman–Crippen LogP) is 1.61. The molecular weight excluding hydrogens is 344 g/mol. The van der Waals surface area contributed by atoms with Gasteiger partial charge in [-0.25, -0.2) is 0 Å². The molecule has 1 unspecified atom stereocenters. The molecule has 3 aromatic rings. The zero-order valence-corrected chi connectivity index (χ0v) is 15.3. The molecule has 4 rings (SSSR count). The number of nitrogens with one attached hydrogen (secondary N) is 2. The molecule has 2 aromatic heterocycles. The summed E-state index contributed by atoms with van der Waals surface area (Å²) in [7, 11) is 3.50. The van der Waals surface area contributed by atoms with E-state index in [0.717, 1.165) is 23.4 Å². The zero-order chi connectivity index (χ0) is 18.8. The molecule has 8 nitrogen and oxygen atoms in total. The second-order valence-electron chi connectivity index (χ2n) is 6.59. The third-order valence-corrected chi connectivity index (χ3v) is 4.84. The van der Waals surface area contributed by atoms with E-state index in [4.69, 9.17) is 4.74 Å². The summed E-state index contributed by atoms with van der Waals surface area (Å²) in [5, 5.41) is 14.7. The van der Waals surface area contributed by atoms with Gasteiger partial charge in [-0.3, -0.25) is 14.6 Å². The minimum atomic E-state index is -0.0254. The van der Waals surface area contributed by atoms with E-state index in [9.17, 15) is 4.79 Å². The van der Waals surface area contributed by atoms with Crippen molar-refractivity contribution >= 4 is 5.91 Å². The van der Waals surface area contributed by atoms with Crippen molar-refractivity contribution in [2.45, 2.75) is 6.04 Å². The van der Waals surface area contributed by atoms with Crippen molar-refractivity contribution in [3.05, 3.63) is 54.0 Å². The number of hydrogen-bond acceptors (Lipinski definition) is 5. The summed E-state index contributed by atoms with van der Waals surface area (Å²) < 4.78 is 6.92. The third-order valence-electron chi connectivity index (χ3n) is 4.84. The largest absolute Gasteiger partial charge is 0.497 e. The Hall–Kier alpha value is -3.13. The van der Waals surface area contributed by atoms with Gasteiger partial charge in [0.05, 0.1) is 30.8 Å². The summed E-state index contributed by atoms with van der Waals surface area (Å²) in [6.45, 7) is 1.99. The number of carbonyl (C=O) groups is 1. The first-order chi connectivity index (χ1) is 13.2. The molecule has 1 amide bonds. The van der Waals surface area contributed by atoms with Crippen LogP contribution >= 0.6 is 0 Å². The first-order valence-corrected chi connectivity index (χ1v) is 8.84. The number of piperazine rings is 1. The molecule has 140 valence electrons. The van der Waals surface area contributed by atoms with Crippen LogP contribution < -0.4 is 10.1 Å². The molecule has 1 aliphatic heterocycles. The highest BCUT2D eigenvalue weighted by atomic mass is 16.5. The van der Waals surface area contributed by atoms with Gasteiger partial charge < -0.3 is 15.0 Å². The van der Waals surface area contributed by atoms with Gasteiger partial charge in [-0.1, -0.05) is 12.1 Å². The van der Waals surface area contributed by atoms with Crippen LogP contribution in [-0.4, -0.2) is 57.5 Å². The fraction of sp³-hybridized carbons (Fsp3) is 0.316. The first kappa shape index (κ1) is 17.3. The molecule has 27 heavy (non-hydrogen) atoms. The summed E-state index contributed by atoms with van der Waals surface area (Å²) in [5.74, 6) is 0.796. The molecule has 0 saturated carbocycles. The lowest BCUT2D eigenvalue weighted by Crippen LogP contribution is -2.48. The fourth-order valence-electron chi connectivity index (χ4n) is 3.38. The molecule has 8 heteroatoms. The second kappa shape index (κ2) is 7.24. The number of nitrogens with zero attached hydrogens (tertiary/aromatic N) is 4. The Morgan fingerprint density at radius 2 is 2.07 bits per heavy atom. The number of hydrogen-bond donors (Lipinski definition) is 2. The van der Waals surface area contributed by atoms with E-state index >= 15 is 0 Å². The SMILES string of the molecule is COc1ccc(C2CN(C(=O)c3cn[nH]c3-c3cnn(C)c3)CCN2)cc1. The van der Waals surface area contributed by atoms with Crippen LogP contribution in [0.4, 0.5) is 0 Å². The average molecular weight is 366 g/mol. The lowest BCUT2D eigenvalue weighted by molar-refractivity contribution is 0.0704. The predicted molar refractivity (Wildman–Crippen MR) is 100 cm³/mol. The molecule has 0 bridgehead atoms. The van der Waals surface area contributed by atoms with Gasteiger partial charge in [0.25, 0.3) is 5.91 Å². The Labute approximate surface area is 157 Å². The summed E-state index contributed by atoms with van der Waals surface area (Å²) in [4.78, 5) is 15.0. The molecule has 0 spiro atoms. The Bertz CT molecular complexity index is 930. The Morgan fingerprint density at radius 3 is 2.78 bits per heavy atom. The molecule has 0 aliphatic carbocycles. The lowest BCUT2D eigenvalue weighted by atomic mass is 10.0. The van der Waals surface area contributed by atoms with Crippen LogP contribution in [0.5, 0.6) is 5.75 Å². The molecule has 1 atom stereocenters. The van der Waals surface area contributed by atoms with E-state index in [-0.39, 0.29) is 11.9 Å². The van der Waals surface area contributed by atoms with Gasteiger partial charge in [0.2, 0.25) is 0 Å². The van der Waals surface area contributed by atoms with Gasteiger partial charge in [-0.2, -0.15) is 10.2 Å². The molecular formula is C19H22N6O2. The number of methoxy groups -OCH3 is 1. The third kappa shape index (κ3) is 3.43. The van der Waals surface area contributed by atoms with E-state index in [2.05, 4.69) is 20.6 Å². The monoisotopic (exact) mass is 366 g/mol. The molecule has 3 heterocycles. The van der Waals surface area contributed by atoms with Gasteiger partial charge in [0, 0.05) is 44.5 Å². The molecule has 2 N–H and O–H groups in total. The Balaban J connectivity index is 1.53. The van der Waals surface area contributed by atoms with E-state index in [0.29, 0.717) is 24.3 Å². The Morgan fingerprint density at radius 1 is 1.26 bits per heavy atom. The van der Waals surface area contributed by atoms with E-state index < -0.39 is 0 Å². The van der Waals surface area contributed by atoms with Crippen molar-refractivity contribution in [3.8, 4) is 17.0 Å². The van der Waals surface area contributed by atoms with Gasteiger partial charge >= 0.3 is 0 Å². The van der Waals surface area contributed by atoms with Gasteiger partial charge in [-0.05, 0) is 17.7 Å². The molecule has 1 aliphatic rings. The van der Waals surface area contributed by atoms with Crippen molar-refractivity contribution in [3.63, 3.8) is 0 Å². The number of H-pyrrole nitrogens is 1. The van der Waals surface area contributed by atoms with Crippen LogP contribution in [0, 0.1) is 0 Å². The van der Waals surface area contributed by atoms with Gasteiger partial charge in [0.15, 0.2) is 0 Å². The normalized spacial score (nSPS) is 17.1. The highest BCUT2D eigenvalue weighted by Crippen LogP contribution is 2.25. The van der Waals surface area contributed by atoms with Crippen molar-refractivity contribution < 1.29 is 9.53 Å². The number of carbonyl (C=O) groups excluding carboxylic acids is 1. The highest BCUT2D eigenvalue weighted by molar-refractivity contribution is 5.99. The molecule has 1 saturated heterocycles. The van der Waals surface area contributed by atoms with Crippen LogP contribution in [0.2, 0.25) is 0 Å². The topological polar surface area (TPSA) is 88.1 Å². The lowest BCUT2D eigenvalue weighted by Gasteiger charge is -2.34. The molecule has 1 fully saturated rings. The number of benzene rings is 1. The van der Waals surface area contributed by atoms with Crippen molar-refractivity contribution in [1.82, 2.24) is 30.2 Å². The minimum absolute atomic E-state index is 0.0254. The number of aromatic amines is 1. The van der Waals surface area contributed by atoms with Crippen molar-refractivity contribution in [1.29, 1.82) is 0 Å². The summed E-state index contributed by atoms with van der Waals surface area (Å²) in [6, 6.07) is 8.03. The van der Waals surface area contributed by atoms with Crippen LogP contribution in [-0.2, 0) is 7.05 Å². The standard InChI is InChI=1S/C19H22N6O2/c1-24-11-14(9-22-24)18-16(10-21-23-18)19(26)25-8-7-20-17(12-25)13-3-5-15(27-2)6-4-13/h3-6,9-11,17,20H,7-8,12H2,1-2H3,(H,21,23). The first-order valence-electron chi connectivity index (χ1n) is 8.84. The van der Waals surface area contributed by atoms with Gasteiger partial charge in [0.1, 0.15) is 5.75 Å². The minimum Gasteiger partial charge on any atom is -0.497 e. The van der Waals surface area contributed by atoms with Gasteiger partial charge in [-0.15, -0.1) is 0 Å². The Kier molecular flexibility index (Phi) is 4.64. The van der Waals surface area contributed by atoms with Crippen molar-refractivity contribution in [2.24, 2.45) is 7.05 Å². The van der Waals surface area contributed by atoms with E-state index in [1.165, 1.54) is 0 Å². The smallest absolute Gasteiger partial charge is 0.257 e. The van der Waals surface area contributed by atoms with Crippen LogP contribution in [0.1, 0.15) is 22.0 Å². The van der Waals surface area contributed by atoms with E-state index in [1.807, 2.05) is 42.4 Å². The zero-order valence-electron chi connectivity index (χ0n) is 15.3. The molecule has 0 radical (unpaired) electrons. The maximum Gasteiger partial charge on any atom is 0.257 e. The van der Waals surface area contributed by atoms with Crippen molar-refractivity contribution in [2.75, 3.05) is 26.7 Å². The number of aryl methyl sites for hydroxylation is 1.